The van der Waals surface area contributed by atoms with E-state index >= 15 is 0 Å². The van der Waals surface area contributed by atoms with Crippen LogP contribution in [0.5, 0.6) is 6.01 Å². The molecule has 0 aliphatic carbocycles. The molecule has 11 heteroatoms. The number of imidazole rings is 1. The number of nitrogens with one attached hydrogen (secondary N) is 1. The Morgan fingerprint density at radius 1 is 1.33 bits per heavy atom. The highest BCUT2D eigenvalue weighted by Gasteiger charge is 2.42. The molecular weight excluding hydrogens is 296 g/mol. The largest absolute Gasteiger partial charge is 0.457 e. The van der Waals surface area contributed by atoms with Gasteiger partial charge in [-0.25, -0.2) is 13.8 Å². The molecule has 0 saturated carbocycles. The zero-order valence-corrected chi connectivity index (χ0v) is 10.7. The van der Waals surface area contributed by atoms with Gasteiger partial charge in [-0.1, -0.05) is 0 Å². The van der Waals surface area contributed by atoms with Crippen LogP contribution in [0.4, 0.5) is 23.5 Å². The Morgan fingerprint density at radius 3 is 2.67 bits per heavy atom. The highest BCUT2D eigenvalue weighted by Crippen LogP contribution is 2.23. The van der Waals surface area contributed by atoms with Gasteiger partial charge in [0.15, 0.2) is 6.61 Å². The Hall–Kier alpha value is -2.46. The Kier molecular flexibility index (Phi) is 4.19. The lowest BCUT2D eigenvalue weighted by Gasteiger charge is -2.15. The van der Waals surface area contributed by atoms with E-state index in [0.717, 1.165) is 0 Å². The quantitative estimate of drug-likeness (QED) is 0.812. The van der Waals surface area contributed by atoms with Crippen LogP contribution < -0.4 is 10.1 Å². The molecule has 0 fully saturated rings. The van der Waals surface area contributed by atoms with E-state index in [1.807, 2.05) is 0 Å². The zero-order valence-electron chi connectivity index (χ0n) is 10.7. The van der Waals surface area contributed by atoms with Gasteiger partial charge in [0.1, 0.15) is 6.33 Å². The second-order valence-corrected chi connectivity index (χ2v) is 3.81. The van der Waals surface area contributed by atoms with Crippen molar-refractivity contribution in [3.63, 3.8) is 0 Å². The SMILES string of the molecule is CNc1nc(OCC(F)(F)C(F)F)nc(-n2ccnc2)n1. The number of rotatable bonds is 6. The van der Waals surface area contributed by atoms with Crippen LogP contribution in [0.1, 0.15) is 0 Å². The summed E-state index contributed by atoms with van der Waals surface area (Å²) in [6, 6.07) is -0.502. The van der Waals surface area contributed by atoms with Gasteiger partial charge in [0, 0.05) is 19.4 Å². The van der Waals surface area contributed by atoms with Gasteiger partial charge in [0.2, 0.25) is 11.9 Å². The molecule has 0 atom stereocenters. The lowest BCUT2D eigenvalue weighted by molar-refractivity contribution is -0.149. The number of alkyl halides is 4. The Labute approximate surface area is 116 Å². The summed E-state index contributed by atoms with van der Waals surface area (Å²) in [5, 5.41) is 2.58. The van der Waals surface area contributed by atoms with Gasteiger partial charge in [-0.3, -0.25) is 4.57 Å². The van der Waals surface area contributed by atoms with Crippen LogP contribution in [-0.2, 0) is 0 Å². The third-order valence-electron chi connectivity index (χ3n) is 2.28. The van der Waals surface area contributed by atoms with Gasteiger partial charge < -0.3 is 10.1 Å². The van der Waals surface area contributed by atoms with Gasteiger partial charge in [-0.15, -0.1) is 0 Å². The molecule has 21 heavy (non-hydrogen) atoms. The predicted molar refractivity (Wildman–Crippen MR) is 62.9 cm³/mol. The molecule has 0 unspecified atom stereocenters. The number of anilines is 1. The van der Waals surface area contributed by atoms with E-state index in [1.54, 1.807) is 0 Å². The molecule has 2 aromatic rings. The summed E-state index contributed by atoms with van der Waals surface area (Å²) in [5.41, 5.74) is 0. The van der Waals surface area contributed by atoms with E-state index in [2.05, 4.69) is 30.0 Å². The standard InChI is InChI=1S/C10H10F4N6O/c1-15-7-17-8(20-3-2-16-5-20)19-9(18-7)21-4-10(13,14)6(11)12/h2-3,5-6H,4H2,1H3,(H,15,17,18,19). The van der Waals surface area contributed by atoms with Crippen molar-refractivity contribution >= 4 is 5.95 Å². The third kappa shape index (κ3) is 3.55. The fourth-order valence-corrected chi connectivity index (χ4v) is 1.24. The number of aromatic nitrogens is 5. The van der Waals surface area contributed by atoms with Gasteiger partial charge in [0.05, 0.1) is 0 Å². The molecule has 2 rings (SSSR count). The zero-order chi connectivity index (χ0) is 15.5. The summed E-state index contributed by atoms with van der Waals surface area (Å²) in [7, 11) is 1.49. The summed E-state index contributed by atoms with van der Waals surface area (Å²) in [6.07, 6.45) is 0.490. The van der Waals surface area contributed by atoms with E-state index in [9.17, 15) is 17.6 Å². The van der Waals surface area contributed by atoms with Crippen LogP contribution in [0.2, 0.25) is 0 Å². The first-order valence-electron chi connectivity index (χ1n) is 5.63. The van der Waals surface area contributed by atoms with Crippen molar-refractivity contribution in [2.75, 3.05) is 19.0 Å². The minimum atomic E-state index is -4.29. The fraction of sp³-hybridized carbons (Fsp3) is 0.400. The molecule has 114 valence electrons. The molecule has 2 heterocycles. The summed E-state index contributed by atoms with van der Waals surface area (Å²) < 4.78 is 55.7. The number of halogens is 4. The Bertz CT molecular complexity index is 591. The topological polar surface area (TPSA) is 77.8 Å². The summed E-state index contributed by atoms with van der Waals surface area (Å²) >= 11 is 0. The van der Waals surface area contributed by atoms with Gasteiger partial charge >= 0.3 is 18.4 Å². The molecule has 1 N–H and O–H groups in total. The van der Waals surface area contributed by atoms with Crippen LogP contribution in [0.15, 0.2) is 18.7 Å². The summed E-state index contributed by atoms with van der Waals surface area (Å²) in [4.78, 5) is 15.1. The highest BCUT2D eigenvalue weighted by atomic mass is 19.3. The van der Waals surface area contributed by atoms with Crippen molar-refractivity contribution in [1.29, 1.82) is 0 Å². The van der Waals surface area contributed by atoms with E-state index in [1.165, 1.54) is 30.3 Å². The Balaban J connectivity index is 2.22. The predicted octanol–water partition coefficient (Wildman–Crippen LogP) is 1.38. The van der Waals surface area contributed by atoms with Crippen molar-refractivity contribution in [3.05, 3.63) is 18.7 Å². The highest BCUT2D eigenvalue weighted by molar-refractivity contribution is 5.29. The molecule has 0 aromatic carbocycles. The number of ether oxygens (including phenoxy) is 1. The van der Waals surface area contributed by atoms with Crippen LogP contribution >= 0.6 is 0 Å². The lowest BCUT2D eigenvalue weighted by atomic mass is 10.4. The minimum Gasteiger partial charge on any atom is -0.457 e. The lowest BCUT2D eigenvalue weighted by Crippen LogP contribution is -2.34. The number of hydrogen-bond donors (Lipinski definition) is 1. The minimum absolute atomic E-state index is 0.0315. The first-order valence-corrected chi connectivity index (χ1v) is 5.63. The monoisotopic (exact) mass is 306 g/mol. The van der Waals surface area contributed by atoms with Crippen LogP contribution in [0.25, 0.3) is 5.95 Å². The van der Waals surface area contributed by atoms with E-state index in [0.29, 0.717) is 0 Å². The smallest absolute Gasteiger partial charge is 0.340 e. The first kappa shape index (κ1) is 14.9. The first-order chi connectivity index (χ1) is 9.92. The molecule has 0 saturated heterocycles. The molecule has 0 aliphatic rings. The van der Waals surface area contributed by atoms with Gasteiger partial charge in [0.25, 0.3) is 0 Å². The molecule has 2 aromatic heterocycles. The van der Waals surface area contributed by atoms with Crippen LogP contribution in [0, 0.1) is 0 Å². The van der Waals surface area contributed by atoms with Crippen molar-refractivity contribution in [1.82, 2.24) is 24.5 Å². The number of hydrogen-bond acceptors (Lipinski definition) is 6. The van der Waals surface area contributed by atoms with Crippen LogP contribution in [-0.4, -0.2) is 50.5 Å². The summed E-state index contributed by atoms with van der Waals surface area (Å²) in [6.45, 7) is -1.54. The maximum absolute atomic E-state index is 12.8. The molecule has 0 bridgehead atoms. The fourth-order valence-electron chi connectivity index (χ4n) is 1.24. The van der Waals surface area contributed by atoms with E-state index < -0.39 is 25.0 Å². The van der Waals surface area contributed by atoms with Crippen LogP contribution in [0.3, 0.4) is 0 Å². The maximum Gasteiger partial charge on any atom is 0.340 e. The second-order valence-electron chi connectivity index (χ2n) is 3.81. The third-order valence-corrected chi connectivity index (χ3v) is 2.28. The molecule has 7 nitrogen and oxygen atoms in total. The maximum atomic E-state index is 12.8. The average Bonchev–Trinajstić information content (AvgIpc) is 2.99. The molecular formula is C10H10F4N6O. The average molecular weight is 306 g/mol. The van der Waals surface area contributed by atoms with Crippen molar-refractivity contribution in [3.8, 4) is 12.0 Å². The second kappa shape index (κ2) is 5.89. The van der Waals surface area contributed by atoms with E-state index in [4.69, 9.17) is 0 Å². The summed E-state index contributed by atoms with van der Waals surface area (Å²) in [5.74, 6) is -4.21. The molecule has 0 radical (unpaired) electrons. The number of nitrogens with zero attached hydrogens (tertiary/aromatic N) is 5. The van der Waals surface area contributed by atoms with Crippen molar-refractivity contribution < 1.29 is 22.3 Å². The normalized spacial score (nSPS) is 11.7. The molecule has 0 spiro atoms. The molecule has 0 aliphatic heterocycles. The van der Waals surface area contributed by atoms with Crippen molar-refractivity contribution in [2.45, 2.75) is 12.3 Å². The van der Waals surface area contributed by atoms with Crippen molar-refractivity contribution in [2.24, 2.45) is 0 Å². The van der Waals surface area contributed by atoms with E-state index in [-0.39, 0.29) is 11.9 Å². The Morgan fingerprint density at radius 2 is 2.10 bits per heavy atom. The van der Waals surface area contributed by atoms with Gasteiger partial charge in [-0.05, 0) is 0 Å². The molecule has 0 amide bonds. The van der Waals surface area contributed by atoms with Gasteiger partial charge in [-0.2, -0.15) is 23.7 Å².